The van der Waals surface area contributed by atoms with E-state index in [1.807, 2.05) is 18.2 Å². The second-order valence-corrected chi connectivity index (χ2v) is 5.66. The number of aromatic hydroxyl groups is 1. The van der Waals surface area contributed by atoms with Gasteiger partial charge in [0.15, 0.2) is 0 Å². The van der Waals surface area contributed by atoms with Crippen molar-refractivity contribution in [3.8, 4) is 5.75 Å². The molecule has 3 heteroatoms. The van der Waals surface area contributed by atoms with Gasteiger partial charge in [0.05, 0.1) is 0 Å². The molecule has 1 aliphatic heterocycles. The number of rotatable bonds is 4. The number of thioether (sulfide) groups is 1. The van der Waals surface area contributed by atoms with E-state index in [1.54, 1.807) is 6.07 Å². The number of phenols is 1. The van der Waals surface area contributed by atoms with E-state index in [4.69, 9.17) is 0 Å². The highest BCUT2D eigenvalue weighted by Gasteiger charge is 2.13. The molecule has 2 rings (SSSR count). The van der Waals surface area contributed by atoms with E-state index in [2.05, 4.69) is 17.1 Å². The van der Waals surface area contributed by atoms with E-state index in [0.29, 0.717) is 5.75 Å². The molecule has 2 nitrogen and oxygen atoms in total. The first-order chi connectivity index (χ1) is 7.86. The molecule has 1 unspecified atom stereocenters. The Morgan fingerprint density at radius 1 is 1.31 bits per heavy atom. The molecule has 0 spiro atoms. The lowest BCUT2D eigenvalue weighted by Crippen LogP contribution is -2.26. The molecule has 1 atom stereocenters. The predicted molar refractivity (Wildman–Crippen MR) is 69.9 cm³/mol. The van der Waals surface area contributed by atoms with Crippen LogP contribution in [-0.2, 0) is 6.54 Å². The van der Waals surface area contributed by atoms with Crippen molar-refractivity contribution in [3.05, 3.63) is 29.8 Å². The predicted octanol–water partition coefficient (Wildman–Crippen LogP) is 2.77. The summed E-state index contributed by atoms with van der Waals surface area (Å²) < 4.78 is 0. The molecule has 16 heavy (non-hydrogen) atoms. The lowest BCUT2D eigenvalue weighted by Gasteiger charge is -2.21. The summed E-state index contributed by atoms with van der Waals surface area (Å²) in [4.78, 5) is 0. The van der Waals surface area contributed by atoms with Crippen LogP contribution in [0.5, 0.6) is 5.75 Å². The van der Waals surface area contributed by atoms with Crippen LogP contribution in [-0.4, -0.2) is 22.7 Å². The van der Waals surface area contributed by atoms with Crippen molar-refractivity contribution < 1.29 is 5.11 Å². The fraction of sp³-hybridized carbons (Fsp3) is 0.538. The van der Waals surface area contributed by atoms with Crippen LogP contribution < -0.4 is 5.32 Å². The third kappa shape index (κ3) is 3.42. The van der Waals surface area contributed by atoms with Gasteiger partial charge in [0.2, 0.25) is 0 Å². The minimum absolute atomic E-state index is 0.395. The lowest BCUT2D eigenvalue weighted by molar-refractivity contribution is 0.464. The van der Waals surface area contributed by atoms with Crippen LogP contribution in [0.25, 0.3) is 0 Å². The van der Waals surface area contributed by atoms with Crippen LogP contribution in [0.15, 0.2) is 24.3 Å². The van der Waals surface area contributed by atoms with Gasteiger partial charge in [-0.2, -0.15) is 11.8 Å². The summed E-state index contributed by atoms with van der Waals surface area (Å²) in [7, 11) is 0. The van der Waals surface area contributed by atoms with Gasteiger partial charge < -0.3 is 10.4 Å². The average Bonchev–Trinajstić information content (AvgIpc) is 2.33. The van der Waals surface area contributed by atoms with Gasteiger partial charge >= 0.3 is 0 Å². The number of phenolic OH excluding ortho intramolecular Hbond substituents is 1. The number of nitrogens with one attached hydrogen (secondary N) is 1. The maximum Gasteiger partial charge on any atom is 0.120 e. The molecule has 1 saturated heterocycles. The SMILES string of the molecule is Oc1ccccc1CNCC1CCCCS1. The van der Waals surface area contributed by atoms with E-state index in [1.165, 1.54) is 25.0 Å². The van der Waals surface area contributed by atoms with Crippen LogP contribution in [0.1, 0.15) is 24.8 Å². The first kappa shape index (κ1) is 11.8. The van der Waals surface area contributed by atoms with Gasteiger partial charge in [0.25, 0.3) is 0 Å². The molecule has 2 N–H and O–H groups in total. The van der Waals surface area contributed by atoms with Gasteiger partial charge in [-0.05, 0) is 24.7 Å². The summed E-state index contributed by atoms with van der Waals surface area (Å²) in [5.74, 6) is 1.70. The molecule has 88 valence electrons. The number of benzene rings is 1. The Hall–Kier alpha value is -0.670. The zero-order valence-corrected chi connectivity index (χ0v) is 10.3. The van der Waals surface area contributed by atoms with Gasteiger partial charge in [0.1, 0.15) is 5.75 Å². The maximum absolute atomic E-state index is 9.60. The van der Waals surface area contributed by atoms with Crippen molar-refractivity contribution in [2.24, 2.45) is 0 Å². The Morgan fingerprint density at radius 3 is 2.94 bits per heavy atom. The number of para-hydroxylation sites is 1. The average molecular weight is 237 g/mol. The molecular weight excluding hydrogens is 218 g/mol. The van der Waals surface area contributed by atoms with Crippen molar-refractivity contribution in [1.82, 2.24) is 5.32 Å². The topological polar surface area (TPSA) is 32.3 Å². The Morgan fingerprint density at radius 2 is 2.19 bits per heavy atom. The van der Waals surface area contributed by atoms with Gasteiger partial charge in [-0.15, -0.1) is 0 Å². The zero-order valence-electron chi connectivity index (χ0n) is 9.48. The van der Waals surface area contributed by atoms with Crippen molar-refractivity contribution in [3.63, 3.8) is 0 Å². The highest BCUT2D eigenvalue weighted by molar-refractivity contribution is 7.99. The fourth-order valence-electron chi connectivity index (χ4n) is 2.00. The second kappa shape index (κ2) is 6.16. The van der Waals surface area contributed by atoms with Crippen molar-refractivity contribution in [2.45, 2.75) is 31.1 Å². The van der Waals surface area contributed by atoms with Gasteiger partial charge in [-0.3, -0.25) is 0 Å². The van der Waals surface area contributed by atoms with Crippen LogP contribution in [0.2, 0.25) is 0 Å². The molecule has 1 aliphatic rings. The van der Waals surface area contributed by atoms with Gasteiger partial charge in [-0.25, -0.2) is 0 Å². The van der Waals surface area contributed by atoms with Crippen molar-refractivity contribution in [1.29, 1.82) is 0 Å². The molecule has 1 aromatic rings. The van der Waals surface area contributed by atoms with Crippen LogP contribution in [0.3, 0.4) is 0 Å². The summed E-state index contributed by atoms with van der Waals surface area (Å²) in [5.41, 5.74) is 0.989. The minimum Gasteiger partial charge on any atom is -0.508 e. The third-order valence-electron chi connectivity index (χ3n) is 2.95. The molecule has 0 aromatic heterocycles. The quantitative estimate of drug-likeness (QED) is 0.844. The minimum atomic E-state index is 0.395. The largest absolute Gasteiger partial charge is 0.508 e. The number of hydrogen-bond acceptors (Lipinski definition) is 3. The monoisotopic (exact) mass is 237 g/mol. The summed E-state index contributed by atoms with van der Waals surface area (Å²) in [5, 5.41) is 13.8. The van der Waals surface area contributed by atoms with E-state index in [9.17, 15) is 5.11 Å². The molecular formula is C13H19NOS. The van der Waals surface area contributed by atoms with Gasteiger partial charge in [-0.1, -0.05) is 24.6 Å². The molecule has 0 aliphatic carbocycles. The molecule has 1 aromatic carbocycles. The van der Waals surface area contributed by atoms with E-state index >= 15 is 0 Å². The maximum atomic E-state index is 9.60. The normalized spacial score (nSPS) is 20.9. The van der Waals surface area contributed by atoms with Crippen LogP contribution >= 0.6 is 11.8 Å². The van der Waals surface area contributed by atoms with Crippen LogP contribution in [0, 0.1) is 0 Å². The lowest BCUT2D eigenvalue weighted by atomic mass is 10.1. The zero-order chi connectivity index (χ0) is 11.2. The third-order valence-corrected chi connectivity index (χ3v) is 4.35. The summed E-state index contributed by atoms with van der Waals surface area (Å²) >= 11 is 2.08. The Balaban J connectivity index is 1.73. The van der Waals surface area contributed by atoms with Gasteiger partial charge in [0, 0.05) is 23.9 Å². The number of hydrogen-bond donors (Lipinski definition) is 2. The molecule has 1 fully saturated rings. The highest BCUT2D eigenvalue weighted by atomic mass is 32.2. The Labute approximate surface area is 101 Å². The molecule has 1 heterocycles. The van der Waals surface area contributed by atoms with E-state index < -0.39 is 0 Å². The van der Waals surface area contributed by atoms with E-state index in [0.717, 1.165) is 23.9 Å². The van der Waals surface area contributed by atoms with Crippen molar-refractivity contribution >= 4 is 11.8 Å². The summed E-state index contributed by atoms with van der Waals surface area (Å²) in [6, 6.07) is 7.53. The molecule has 0 radical (unpaired) electrons. The fourth-order valence-corrected chi connectivity index (χ4v) is 3.27. The Kier molecular flexibility index (Phi) is 4.55. The summed E-state index contributed by atoms with van der Waals surface area (Å²) in [6.07, 6.45) is 4.08. The molecule has 0 saturated carbocycles. The molecule has 0 bridgehead atoms. The first-order valence-corrected chi connectivity index (χ1v) is 7.00. The Bertz CT molecular complexity index is 323. The standard InChI is InChI=1S/C13H19NOS/c15-13-7-2-1-5-11(13)9-14-10-12-6-3-4-8-16-12/h1-2,5,7,12,14-15H,3-4,6,8-10H2. The van der Waals surface area contributed by atoms with Crippen molar-refractivity contribution in [2.75, 3.05) is 12.3 Å². The summed E-state index contributed by atoms with van der Waals surface area (Å²) in [6.45, 7) is 1.82. The first-order valence-electron chi connectivity index (χ1n) is 5.95. The second-order valence-electron chi connectivity index (χ2n) is 4.25. The van der Waals surface area contributed by atoms with E-state index in [-0.39, 0.29) is 0 Å². The van der Waals surface area contributed by atoms with Crippen LogP contribution in [0.4, 0.5) is 0 Å². The highest BCUT2D eigenvalue weighted by Crippen LogP contribution is 2.24. The molecule has 0 amide bonds. The smallest absolute Gasteiger partial charge is 0.120 e.